The fraction of sp³-hybridized carbons (Fsp3) is 0.571. The van der Waals surface area contributed by atoms with Crippen molar-refractivity contribution < 1.29 is 9.47 Å². The number of methoxy groups -OCH3 is 2. The fourth-order valence-electron chi connectivity index (χ4n) is 2.18. The predicted molar refractivity (Wildman–Crippen MR) is 64.4 cm³/mol. The molecule has 2 heteroatoms. The van der Waals surface area contributed by atoms with Crippen LogP contribution in [-0.2, 0) is 6.42 Å². The highest BCUT2D eigenvalue weighted by Gasteiger charge is 2.31. The summed E-state index contributed by atoms with van der Waals surface area (Å²) >= 11 is 0. The topological polar surface area (TPSA) is 18.5 Å². The third-order valence-electron chi connectivity index (χ3n) is 3.07. The quantitative estimate of drug-likeness (QED) is 0.756. The lowest BCUT2D eigenvalue weighted by Gasteiger charge is -2.16. The molecule has 0 saturated heterocycles. The summed E-state index contributed by atoms with van der Waals surface area (Å²) in [5.41, 5.74) is 2.49. The van der Waals surface area contributed by atoms with E-state index in [0.717, 1.165) is 24.3 Å². The Hall–Kier alpha value is -1.18. The molecule has 0 bridgehead atoms. The maximum atomic E-state index is 5.57. The molecule has 1 aromatic carbocycles. The SMILES string of the molecule is CCCc1c[c]c(OC)c(C2CC2)c1OC. The van der Waals surface area contributed by atoms with Gasteiger partial charge in [-0.25, -0.2) is 0 Å². The van der Waals surface area contributed by atoms with Crippen LogP contribution in [0.4, 0.5) is 0 Å². The highest BCUT2D eigenvalue weighted by Crippen LogP contribution is 2.49. The van der Waals surface area contributed by atoms with Gasteiger partial charge in [0.05, 0.1) is 14.2 Å². The summed E-state index contributed by atoms with van der Waals surface area (Å²) in [5, 5.41) is 0. The van der Waals surface area contributed by atoms with E-state index in [0.29, 0.717) is 5.92 Å². The number of aryl methyl sites for hydroxylation is 1. The van der Waals surface area contributed by atoms with Crippen molar-refractivity contribution in [2.45, 2.75) is 38.5 Å². The molecule has 1 fully saturated rings. The van der Waals surface area contributed by atoms with Gasteiger partial charge in [-0.1, -0.05) is 13.3 Å². The number of ether oxygens (including phenoxy) is 2. The van der Waals surface area contributed by atoms with Gasteiger partial charge < -0.3 is 9.47 Å². The van der Waals surface area contributed by atoms with Crippen LogP contribution in [0.2, 0.25) is 0 Å². The van der Waals surface area contributed by atoms with Gasteiger partial charge in [0.2, 0.25) is 0 Å². The maximum absolute atomic E-state index is 5.57. The molecule has 16 heavy (non-hydrogen) atoms. The second kappa shape index (κ2) is 4.77. The van der Waals surface area contributed by atoms with Crippen molar-refractivity contribution in [1.29, 1.82) is 0 Å². The first-order valence-electron chi connectivity index (χ1n) is 5.97. The first kappa shape index (κ1) is 11.3. The van der Waals surface area contributed by atoms with Crippen molar-refractivity contribution in [3.63, 3.8) is 0 Å². The van der Waals surface area contributed by atoms with Gasteiger partial charge in [-0.3, -0.25) is 0 Å². The van der Waals surface area contributed by atoms with E-state index in [1.807, 2.05) is 6.07 Å². The van der Waals surface area contributed by atoms with E-state index in [4.69, 9.17) is 9.47 Å². The predicted octanol–water partition coefficient (Wildman–Crippen LogP) is 3.33. The lowest BCUT2D eigenvalue weighted by Crippen LogP contribution is -2.00. The highest BCUT2D eigenvalue weighted by atomic mass is 16.5. The normalized spacial score (nSPS) is 14.9. The molecule has 0 atom stereocenters. The van der Waals surface area contributed by atoms with Crippen molar-refractivity contribution in [3.05, 3.63) is 23.3 Å². The standard InChI is InChI=1S/C14H19O2/c1-4-5-11-8-9-12(15-2)13(10-6-7-10)14(11)16-3/h8,10H,4-7H2,1-3H3. The van der Waals surface area contributed by atoms with Crippen molar-refractivity contribution in [2.75, 3.05) is 14.2 Å². The molecular formula is C14H19O2. The average Bonchev–Trinajstić information content (AvgIpc) is 3.12. The monoisotopic (exact) mass is 219 g/mol. The lowest BCUT2D eigenvalue weighted by atomic mass is 10.0. The minimum Gasteiger partial charge on any atom is -0.496 e. The van der Waals surface area contributed by atoms with Crippen LogP contribution in [0.15, 0.2) is 6.07 Å². The molecule has 0 unspecified atom stereocenters. The van der Waals surface area contributed by atoms with Gasteiger partial charge in [0, 0.05) is 11.6 Å². The van der Waals surface area contributed by atoms with E-state index >= 15 is 0 Å². The van der Waals surface area contributed by atoms with E-state index in [9.17, 15) is 0 Å². The Morgan fingerprint density at radius 3 is 2.56 bits per heavy atom. The molecule has 1 aliphatic rings. The van der Waals surface area contributed by atoms with Gasteiger partial charge in [-0.05, 0) is 36.8 Å². The van der Waals surface area contributed by atoms with Crippen LogP contribution in [0.1, 0.15) is 43.2 Å². The van der Waals surface area contributed by atoms with Crippen LogP contribution in [0, 0.1) is 6.07 Å². The van der Waals surface area contributed by atoms with E-state index in [1.165, 1.54) is 24.0 Å². The van der Waals surface area contributed by atoms with Crippen molar-refractivity contribution in [1.82, 2.24) is 0 Å². The molecule has 0 aliphatic heterocycles. The van der Waals surface area contributed by atoms with E-state index in [-0.39, 0.29) is 0 Å². The zero-order chi connectivity index (χ0) is 11.5. The molecule has 2 rings (SSSR count). The van der Waals surface area contributed by atoms with Crippen LogP contribution < -0.4 is 9.47 Å². The minimum atomic E-state index is 0.623. The van der Waals surface area contributed by atoms with Gasteiger partial charge >= 0.3 is 0 Å². The van der Waals surface area contributed by atoms with Gasteiger partial charge in [-0.2, -0.15) is 0 Å². The van der Waals surface area contributed by atoms with Crippen molar-refractivity contribution >= 4 is 0 Å². The smallest absolute Gasteiger partial charge is 0.134 e. The van der Waals surface area contributed by atoms with Crippen molar-refractivity contribution in [3.8, 4) is 11.5 Å². The largest absolute Gasteiger partial charge is 0.496 e. The second-order valence-corrected chi connectivity index (χ2v) is 4.32. The second-order valence-electron chi connectivity index (χ2n) is 4.32. The van der Waals surface area contributed by atoms with Crippen LogP contribution in [0.5, 0.6) is 11.5 Å². The Labute approximate surface area is 97.6 Å². The molecule has 0 amide bonds. The van der Waals surface area contributed by atoms with E-state index in [1.54, 1.807) is 14.2 Å². The molecular weight excluding hydrogens is 200 g/mol. The maximum Gasteiger partial charge on any atom is 0.134 e. The van der Waals surface area contributed by atoms with Crippen LogP contribution in [-0.4, -0.2) is 14.2 Å². The van der Waals surface area contributed by atoms with E-state index < -0.39 is 0 Å². The minimum absolute atomic E-state index is 0.623. The fourth-order valence-corrected chi connectivity index (χ4v) is 2.18. The van der Waals surface area contributed by atoms with E-state index in [2.05, 4.69) is 13.0 Å². The first-order valence-corrected chi connectivity index (χ1v) is 5.97. The summed E-state index contributed by atoms with van der Waals surface area (Å²) in [5.74, 6) is 2.51. The Morgan fingerprint density at radius 1 is 1.31 bits per heavy atom. The van der Waals surface area contributed by atoms with Crippen LogP contribution in [0.3, 0.4) is 0 Å². The summed E-state index contributed by atoms with van der Waals surface area (Å²) in [7, 11) is 3.45. The molecule has 1 saturated carbocycles. The van der Waals surface area contributed by atoms with Gasteiger partial charge in [0.15, 0.2) is 0 Å². The summed E-state index contributed by atoms with van der Waals surface area (Å²) in [6, 6.07) is 5.24. The Balaban J connectivity index is 2.45. The Morgan fingerprint density at radius 2 is 2.06 bits per heavy atom. The summed E-state index contributed by atoms with van der Waals surface area (Å²) < 4.78 is 11.0. The van der Waals surface area contributed by atoms with Crippen molar-refractivity contribution in [2.24, 2.45) is 0 Å². The Kier molecular flexibility index (Phi) is 3.37. The first-order chi connectivity index (χ1) is 7.81. The number of rotatable bonds is 5. The average molecular weight is 219 g/mol. The molecule has 0 heterocycles. The molecule has 87 valence electrons. The third-order valence-corrected chi connectivity index (χ3v) is 3.07. The highest BCUT2D eigenvalue weighted by molar-refractivity contribution is 5.53. The Bertz CT molecular complexity index is 367. The molecule has 1 radical (unpaired) electrons. The zero-order valence-electron chi connectivity index (χ0n) is 10.3. The summed E-state index contributed by atoms with van der Waals surface area (Å²) in [6.45, 7) is 2.18. The summed E-state index contributed by atoms with van der Waals surface area (Å²) in [6.07, 6.45) is 4.66. The number of hydrogen-bond acceptors (Lipinski definition) is 2. The van der Waals surface area contributed by atoms with Gasteiger partial charge in [0.25, 0.3) is 0 Å². The van der Waals surface area contributed by atoms with Gasteiger partial charge in [-0.15, -0.1) is 0 Å². The lowest BCUT2D eigenvalue weighted by molar-refractivity contribution is 0.381. The molecule has 2 nitrogen and oxygen atoms in total. The van der Waals surface area contributed by atoms with Gasteiger partial charge in [0.1, 0.15) is 11.5 Å². The zero-order valence-corrected chi connectivity index (χ0v) is 10.3. The van der Waals surface area contributed by atoms with Crippen LogP contribution >= 0.6 is 0 Å². The molecule has 0 aromatic heterocycles. The van der Waals surface area contributed by atoms with Crippen LogP contribution in [0.25, 0.3) is 0 Å². The molecule has 0 spiro atoms. The molecule has 0 N–H and O–H groups in total. The number of hydrogen-bond donors (Lipinski definition) is 0. The number of benzene rings is 1. The molecule has 1 aromatic rings. The molecule has 1 aliphatic carbocycles. The summed E-state index contributed by atoms with van der Waals surface area (Å²) in [4.78, 5) is 0. The third kappa shape index (κ3) is 2.01.